The monoisotopic (exact) mass is 493 g/mol. The molecule has 3 aromatic heterocycles. The maximum absolute atomic E-state index is 13.4. The maximum atomic E-state index is 13.4. The maximum Gasteiger partial charge on any atom is 0.451 e. The molecule has 34 heavy (non-hydrogen) atoms. The van der Waals surface area contributed by atoms with Gasteiger partial charge in [-0.3, -0.25) is 9.67 Å². The quantitative estimate of drug-likeness (QED) is 0.281. The Balaban J connectivity index is 1.63. The standard InChI is InChI=1S/C22H13F6N5S/c1-11-5-7-15-13(9-11)14-10-12(21(23,24)25)6-8-16(14)33(15)17-3-2-4-18(29-17)34-20-30-19(31-32-20)22(26,27)28/h2-10H,1H3,(H,30,31,32). The molecule has 0 saturated carbocycles. The number of nitrogens with one attached hydrogen (secondary N) is 1. The summed E-state index contributed by atoms with van der Waals surface area (Å²) >= 11 is 0.828. The number of rotatable bonds is 3. The summed E-state index contributed by atoms with van der Waals surface area (Å²) in [5.74, 6) is -0.829. The van der Waals surface area contributed by atoms with Crippen molar-refractivity contribution in [2.75, 3.05) is 0 Å². The van der Waals surface area contributed by atoms with Crippen molar-refractivity contribution in [3.8, 4) is 5.82 Å². The molecule has 0 aliphatic rings. The molecule has 5 aromatic rings. The molecular formula is C22H13F6N5S. The van der Waals surface area contributed by atoms with Gasteiger partial charge in [-0.05, 0) is 61.2 Å². The molecule has 0 aliphatic carbocycles. The number of hydrogen-bond acceptors (Lipinski definition) is 4. The Morgan fingerprint density at radius 3 is 2.21 bits per heavy atom. The number of halogens is 6. The van der Waals surface area contributed by atoms with Crippen molar-refractivity contribution in [3.63, 3.8) is 0 Å². The number of aromatic amines is 1. The molecule has 2 aromatic carbocycles. The van der Waals surface area contributed by atoms with Crippen molar-refractivity contribution in [2.24, 2.45) is 0 Å². The summed E-state index contributed by atoms with van der Waals surface area (Å²) in [5, 5.41) is 6.61. The van der Waals surface area contributed by atoms with Gasteiger partial charge in [0.1, 0.15) is 10.8 Å². The summed E-state index contributed by atoms with van der Waals surface area (Å²) in [5.41, 5.74) is 1.28. The predicted molar refractivity (Wildman–Crippen MR) is 114 cm³/mol. The van der Waals surface area contributed by atoms with Crippen molar-refractivity contribution in [3.05, 3.63) is 71.5 Å². The number of nitrogens with zero attached hydrogens (tertiary/aromatic N) is 4. The van der Waals surface area contributed by atoms with E-state index in [9.17, 15) is 26.3 Å². The summed E-state index contributed by atoms with van der Waals surface area (Å²) in [6.07, 6.45) is -9.15. The highest BCUT2D eigenvalue weighted by molar-refractivity contribution is 7.99. The third-order valence-corrected chi connectivity index (χ3v) is 5.92. The van der Waals surface area contributed by atoms with Crippen LogP contribution in [-0.4, -0.2) is 24.7 Å². The van der Waals surface area contributed by atoms with Gasteiger partial charge in [-0.25, -0.2) is 4.98 Å². The third-order valence-electron chi connectivity index (χ3n) is 5.12. The van der Waals surface area contributed by atoms with Gasteiger partial charge in [-0.2, -0.15) is 31.3 Å². The molecule has 3 heterocycles. The van der Waals surface area contributed by atoms with E-state index in [0.29, 0.717) is 32.6 Å². The highest BCUT2D eigenvalue weighted by Gasteiger charge is 2.35. The number of alkyl halides is 6. The van der Waals surface area contributed by atoms with Crippen molar-refractivity contribution in [2.45, 2.75) is 29.5 Å². The summed E-state index contributed by atoms with van der Waals surface area (Å²) in [4.78, 5) is 7.93. The molecule has 0 aliphatic heterocycles. The lowest BCUT2D eigenvalue weighted by Crippen LogP contribution is -2.07. The Labute approximate surface area is 191 Å². The fraction of sp³-hybridized carbons (Fsp3) is 0.136. The lowest BCUT2D eigenvalue weighted by molar-refractivity contribution is -0.144. The minimum atomic E-state index is -4.66. The molecule has 0 radical (unpaired) electrons. The van der Waals surface area contributed by atoms with E-state index in [-0.39, 0.29) is 5.16 Å². The Bertz CT molecular complexity index is 1530. The van der Waals surface area contributed by atoms with Gasteiger partial charge < -0.3 is 0 Å². The number of H-pyrrole nitrogens is 1. The van der Waals surface area contributed by atoms with Gasteiger partial charge in [0.25, 0.3) is 0 Å². The zero-order valence-corrected chi connectivity index (χ0v) is 18.0. The van der Waals surface area contributed by atoms with E-state index in [1.165, 1.54) is 6.07 Å². The minimum absolute atomic E-state index is 0.162. The zero-order chi connectivity index (χ0) is 24.3. The van der Waals surface area contributed by atoms with E-state index in [0.717, 1.165) is 29.5 Å². The number of pyridine rings is 1. The van der Waals surface area contributed by atoms with E-state index in [2.05, 4.69) is 15.1 Å². The van der Waals surface area contributed by atoms with Crippen LogP contribution < -0.4 is 0 Å². The summed E-state index contributed by atoms with van der Waals surface area (Å²) in [7, 11) is 0. The fourth-order valence-corrected chi connectivity index (χ4v) is 4.36. The largest absolute Gasteiger partial charge is 0.451 e. The van der Waals surface area contributed by atoms with Gasteiger partial charge in [-0.15, -0.1) is 5.10 Å². The first-order valence-electron chi connectivity index (χ1n) is 9.77. The van der Waals surface area contributed by atoms with Crippen LogP contribution in [-0.2, 0) is 12.4 Å². The molecule has 0 unspecified atom stereocenters. The zero-order valence-electron chi connectivity index (χ0n) is 17.2. The normalized spacial score (nSPS) is 12.7. The number of aryl methyl sites for hydroxylation is 1. The number of hydrogen-bond donors (Lipinski definition) is 1. The van der Waals surface area contributed by atoms with E-state index in [1.807, 2.05) is 18.1 Å². The predicted octanol–water partition coefficient (Wildman–Crippen LogP) is 6.79. The van der Waals surface area contributed by atoms with Crippen LogP contribution in [0, 0.1) is 6.92 Å². The van der Waals surface area contributed by atoms with Crippen LogP contribution in [0.5, 0.6) is 0 Å². The molecule has 0 bridgehead atoms. The van der Waals surface area contributed by atoms with Crippen LogP contribution in [0.25, 0.3) is 27.6 Å². The first-order chi connectivity index (χ1) is 16.0. The molecule has 12 heteroatoms. The second-order valence-electron chi connectivity index (χ2n) is 7.49. The molecule has 1 N–H and O–H groups in total. The lowest BCUT2D eigenvalue weighted by atomic mass is 10.1. The van der Waals surface area contributed by atoms with Gasteiger partial charge in [0, 0.05) is 10.8 Å². The molecule has 0 amide bonds. The third kappa shape index (κ3) is 3.98. The summed E-state index contributed by atoms with van der Waals surface area (Å²) in [6.45, 7) is 1.85. The molecule has 0 fully saturated rings. The van der Waals surface area contributed by atoms with Gasteiger partial charge in [0.15, 0.2) is 0 Å². The first-order valence-corrected chi connectivity index (χ1v) is 10.6. The van der Waals surface area contributed by atoms with Crippen LogP contribution in [0.3, 0.4) is 0 Å². The van der Waals surface area contributed by atoms with Crippen LogP contribution >= 0.6 is 11.8 Å². The second-order valence-corrected chi connectivity index (χ2v) is 8.47. The van der Waals surface area contributed by atoms with Gasteiger partial charge in [0.05, 0.1) is 16.6 Å². The van der Waals surface area contributed by atoms with Gasteiger partial charge >= 0.3 is 12.4 Å². The molecule has 0 spiro atoms. The highest BCUT2D eigenvalue weighted by Crippen LogP contribution is 2.37. The van der Waals surface area contributed by atoms with Gasteiger partial charge in [0.2, 0.25) is 11.0 Å². The molecule has 0 atom stereocenters. The average molecular weight is 493 g/mol. The van der Waals surface area contributed by atoms with Crippen LogP contribution in [0.15, 0.2) is 64.8 Å². The van der Waals surface area contributed by atoms with Crippen LogP contribution in [0.4, 0.5) is 26.3 Å². The SMILES string of the molecule is Cc1ccc2c(c1)c1cc(C(F)(F)F)ccc1n2-c1cccc(Sc2n[nH]c(C(F)(F)F)n2)n1. The van der Waals surface area contributed by atoms with Crippen LogP contribution in [0.1, 0.15) is 17.0 Å². The lowest BCUT2D eigenvalue weighted by Gasteiger charge is -2.09. The molecule has 0 saturated heterocycles. The van der Waals surface area contributed by atoms with Crippen molar-refractivity contribution < 1.29 is 26.3 Å². The number of benzene rings is 2. The van der Waals surface area contributed by atoms with Crippen molar-refractivity contribution in [1.29, 1.82) is 0 Å². The smallest absolute Gasteiger partial charge is 0.294 e. The van der Waals surface area contributed by atoms with Crippen LogP contribution in [0.2, 0.25) is 0 Å². The fourth-order valence-electron chi connectivity index (χ4n) is 3.66. The van der Waals surface area contributed by atoms with Crippen molar-refractivity contribution >= 4 is 33.6 Å². The van der Waals surface area contributed by atoms with E-state index in [4.69, 9.17) is 0 Å². The minimum Gasteiger partial charge on any atom is -0.294 e. The summed E-state index contributed by atoms with van der Waals surface area (Å²) < 4.78 is 80.1. The van der Waals surface area contributed by atoms with E-state index < -0.39 is 23.7 Å². The molecule has 5 nitrogen and oxygen atoms in total. The molecular weight excluding hydrogens is 480 g/mol. The Morgan fingerprint density at radius 2 is 1.53 bits per heavy atom. The number of fused-ring (bicyclic) bond motifs is 3. The Kier molecular flexibility index (Phi) is 5.08. The van der Waals surface area contributed by atoms with E-state index >= 15 is 0 Å². The molecule has 5 rings (SSSR count). The second kappa shape index (κ2) is 7.76. The molecule has 174 valence electrons. The van der Waals surface area contributed by atoms with E-state index in [1.54, 1.807) is 34.9 Å². The van der Waals surface area contributed by atoms with Crippen molar-refractivity contribution in [1.82, 2.24) is 24.7 Å². The topological polar surface area (TPSA) is 59.4 Å². The Hall–Kier alpha value is -3.54. The highest BCUT2D eigenvalue weighted by atomic mass is 32.2. The average Bonchev–Trinajstić information content (AvgIpc) is 3.35. The Morgan fingerprint density at radius 1 is 0.824 bits per heavy atom. The summed E-state index contributed by atoms with van der Waals surface area (Å²) in [6, 6.07) is 13.8. The first kappa shape index (κ1) is 22.3. The van der Waals surface area contributed by atoms with Gasteiger partial charge in [-0.1, -0.05) is 17.7 Å². The number of aromatic nitrogens is 5.